The number of carbonyl (C=O) groups excluding carboxylic acids is 1. The predicted molar refractivity (Wildman–Crippen MR) is 113 cm³/mol. The molecule has 0 unspecified atom stereocenters. The van der Waals surface area contributed by atoms with Crippen LogP contribution in [0, 0.1) is 5.82 Å². The molecule has 0 bridgehead atoms. The number of nitrogens with one attached hydrogen (secondary N) is 1. The average Bonchev–Trinajstić information content (AvgIpc) is 3.24. The maximum Gasteiger partial charge on any atom is 0.573 e. The summed E-state index contributed by atoms with van der Waals surface area (Å²) in [5.41, 5.74) is 1.02. The van der Waals surface area contributed by atoms with Crippen molar-refractivity contribution in [1.29, 1.82) is 0 Å². The standard InChI is InChI=1S/C22H21F4N5O3/c23-16-3-1-15(2-4-16)21-29-28-20(33-21)14-31-11-9-30(10-12-31)13-19(32)27-17-5-7-18(8-6-17)34-22(24,25)26/h1-8H,9-14H2,(H,27,32). The normalized spacial score (nSPS) is 15.3. The molecular weight excluding hydrogens is 458 g/mol. The third-order valence-corrected chi connectivity index (χ3v) is 5.12. The first-order valence-electron chi connectivity index (χ1n) is 10.4. The first-order chi connectivity index (χ1) is 16.2. The number of halogens is 4. The van der Waals surface area contributed by atoms with Gasteiger partial charge >= 0.3 is 6.36 Å². The Morgan fingerprint density at radius 1 is 0.971 bits per heavy atom. The Bertz CT molecular complexity index is 1090. The lowest BCUT2D eigenvalue weighted by molar-refractivity contribution is -0.274. The number of piperazine rings is 1. The van der Waals surface area contributed by atoms with Crippen molar-refractivity contribution in [2.75, 3.05) is 38.0 Å². The second-order valence-corrected chi connectivity index (χ2v) is 7.68. The predicted octanol–water partition coefficient (Wildman–Crippen LogP) is 3.53. The van der Waals surface area contributed by atoms with Gasteiger partial charge in [-0.1, -0.05) is 0 Å². The Morgan fingerprint density at radius 2 is 1.62 bits per heavy atom. The first-order valence-corrected chi connectivity index (χ1v) is 10.4. The molecule has 0 aliphatic carbocycles. The van der Waals surface area contributed by atoms with Crippen molar-refractivity contribution in [1.82, 2.24) is 20.0 Å². The van der Waals surface area contributed by atoms with E-state index in [2.05, 4.69) is 25.2 Å². The van der Waals surface area contributed by atoms with E-state index in [9.17, 15) is 22.4 Å². The van der Waals surface area contributed by atoms with Crippen LogP contribution >= 0.6 is 0 Å². The van der Waals surface area contributed by atoms with Crippen LogP contribution in [-0.4, -0.2) is 65.0 Å². The molecule has 8 nitrogen and oxygen atoms in total. The van der Waals surface area contributed by atoms with E-state index < -0.39 is 6.36 Å². The SMILES string of the molecule is O=C(CN1CCN(Cc2nnc(-c3ccc(F)cc3)o2)CC1)Nc1ccc(OC(F)(F)F)cc1. The van der Waals surface area contributed by atoms with Crippen molar-refractivity contribution in [2.24, 2.45) is 0 Å². The molecule has 1 fully saturated rings. The van der Waals surface area contributed by atoms with Crippen molar-refractivity contribution in [3.63, 3.8) is 0 Å². The van der Waals surface area contributed by atoms with Crippen molar-refractivity contribution < 1.29 is 31.5 Å². The quantitative estimate of drug-likeness (QED) is 0.519. The molecule has 1 saturated heterocycles. The minimum Gasteiger partial charge on any atom is -0.419 e. The summed E-state index contributed by atoms with van der Waals surface area (Å²) in [5.74, 6) is -0.193. The molecule has 2 aromatic carbocycles. The molecule has 0 spiro atoms. The van der Waals surface area contributed by atoms with Gasteiger partial charge in [0, 0.05) is 37.4 Å². The number of amides is 1. The number of aromatic nitrogens is 2. The number of nitrogens with zero attached hydrogens (tertiary/aromatic N) is 4. The van der Waals surface area contributed by atoms with Crippen molar-refractivity contribution >= 4 is 11.6 Å². The van der Waals surface area contributed by atoms with Gasteiger partial charge in [-0.15, -0.1) is 23.4 Å². The van der Waals surface area contributed by atoms with E-state index in [4.69, 9.17) is 4.42 Å². The Labute approximate surface area is 192 Å². The highest BCUT2D eigenvalue weighted by atomic mass is 19.4. The summed E-state index contributed by atoms with van der Waals surface area (Å²) in [7, 11) is 0. The van der Waals surface area contributed by atoms with E-state index in [1.165, 1.54) is 24.3 Å². The fraction of sp³-hybridized carbons (Fsp3) is 0.318. The zero-order valence-corrected chi connectivity index (χ0v) is 17.9. The van der Waals surface area contributed by atoms with Gasteiger partial charge in [0.2, 0.25) is 17.7 Å². The van der Waals surface area contributed by atoms with Crippen molar-refractivity contribution in [3.8, 4) is 17.2 Å². The third-order valence-electron chi connectivity index (χ3n) is 5.12. The molecule has 1 aliphatic rings. The molecule has 0 radical (unpaired) electrons. The highest BCUT2D eigenvalue weighted by Gasteiger charge is 2.31. The van der Waals surface area contributed by atoms with Crippen LogP contribution in [0.15, 0.2) is 52.9 Å². The average molecular weight is 479 g/mol. The van der Waals surface area contributed by atoms with E-state index in [0.29, 0.717) is 55.8 Å². The molecule has 3 aromatic rings. The number of hydrogen-bond acceptors (Lipinski definition) is 7. The molecule has 0 atom stereocenters. The third kappa shape index (κ3) is 6.75. The number of ether oxygens (including phenoxy) is 1. The number of alkyl halides is 3. The topological polar surface area (TPSA) is 83.7 Å². The van der Waals surface area contributed by atoms with E-state index in [1.54, 1.807) is 12.1 Å². The Kier molecular flexibility index (Phi) is 7.08. The molecule has 34 heavy (non-hydrogen) atoms. The van der Waals surface area contributed by atoms with Crippen molar-refractivity contribution in [2.45, 2.75) is 12.9 Å². The largest absolute Gasteiger partial charge is 0.573 e. The molecule has 12 heteroatoms. The van der Waals surface area contributed by atoms with Gasteiger partial charge in [-0.05, 0) is 48.5 Å². The molecule has 180 valence electrons. The lowest BCUT2D eigenvalue weighted by atomic mass is 10.2. The summed E-state index contributed by atoms with van der Waals surface area (Å²) in [6.45, 7) is 3.27. The summed E-state index contributed by atoms with van der Waals surface area (Å²) in [6.07, 6.45) is -4.76. The van der Waals surface area contributed by atoms with E-state index in [0.717, 1.165) is 12.1 Å². The van der Waals surface area contributed by atoms with Gasteiger partial charge in [0.1, 0.15) is 11.6 Å². The first kappa shape index (κ1) is 23.6. The highest BCUT2D eigenvalue weighted by molar-refractivity contribution is 5.92. The summed E-state index contributed by atoms with van der Waals surface area (Å²) in [4.78, 5) is 16.4. The second kappa shape index (κ2) is 10.2. The van der Waals surface area contributed by atoms with E-state index in [1.807, 2.05) is 4.90 Å². The zero-order valence-electron chi connectivity index (χ0n) is 17.9. The molecule has 1 amide bonds. The Morgan fingerprint density at radius 3 is 2.26 bits per heavy atom. The van der Waals surface area contributed by atoms with Crippen LogP contribution < -0.4 is 10.1 Å². The summed E-state index contributed by atoms with van der Waals surface area (Å²) >= 11 is 0. The summed E-state index contributed by atoms with van der Waals surface area (Å²) < 4.78 is 59.2. The minimum atomic E-state index is -4.76. The number of hydrogen-bond donors (Lipinski definition) is 1. The molecule has 1 N–H and O–H groups in total. The summed E-state index contributed by atoms with van der Waals surface area (Å²) in [6, 6.07) is 10.8. The minimum absolute atomic E-state index is 0.157. The van der Waals surface area contributed by atoms with Crippen LogP contribution in [0.1, 0.15) is 5.89 Å². The maximum atomic E-state index is 13.1. The van der Waals surface area contributed by atoms with E-state index >= 15 is 0 Å². The number of benzene rings is 2. The van der Waals surface area contributed by atoms with E-state index in [-0.39, 0.29) is 24.0 Å². The summed E-state index contributed by atoms with van der Waals surface area (Å²) in [5, 5.41) is 10.7. The number of anilines is 1. The fourth-order valence-corrected chi connectivity index (χ4v) is 3.47. The van der Waals surface area contributed by atoms with Gasteiger partial charge in [0.05, 0.1) is 13.1 Å². The van der Waals surface area contributed by atoms with Gasteiger partial charge in [-0.25, -0.2) is 4.39 Å². The van der Waals surface area contributed by atoms with Crippen LogP contribution in [-0.2, 0) is 11.3 Å². The second-order valence-electron chi connectivity index (χ2n) is 7.68. The van der Waals surface area contributed by atoms with Gasteiger partial charge in [-0.2, -0.15) is 0 Å². The molecule has 0 saturated carbocycles. The lowest BCUT2D eigenvalue weighted by Gasteiger charge is -2.33. The smallest absolute Gasteiger partial charge is 0.419 e. The molecule has 1 aromatic heterocycles. The monoisotopic (exact) mass is 479 g/mol. The van der Waals surface area contributed by atoms with Crippen LogP contribution in [0.2, 0.25) is 0 Å². The van der Waals surface area contributed by atoms with Crippen LogP contribution in [0.25, 0.3) is 11.5 Å². The van der Waals surface area contributed by atoms with Gasteiger partial charge in [-0.3, -0.25) is 14.6 Å². The number of rotatable bonds is 7. The van der Waals surface area contributed by atoms with Gasteiger partial charge in [0.15, 0.2) is 0 Å². The fourth-order valence-electron chi connectivity index (χ4n) is 3.47. The maximum absolute atomic E-state index is 13.1. The van der Waals surface area contributed by atoms with Crippen LogP contribution in [0.4, 0.5) is 23.2 Å². The lowest BCUT2D eigenvalue weighted by Crippen LogP contribution is -2.48. The van der Waals surface area contributed by atoms with Crippen LogP contribution in [0.5, 0.6) is 5.75 Å². The molecular formula is C22H21F4N5O3. The van der Waals surface area contributed by atoms with Gasteiger partial charge in [0.25, 0.3) is 0 Å². The Balaban J connectivity index is 1.20. The highest BCUT2D eigenvalue weighted by Crippen LogP contribution is 2.24. The Hall–Kier alpha value is -3.51. The van der Waals surface area contributed by atoms with Crippen LogP contribution in [0.3, 0.4) is 0 Å². The number of carbonyl (C=O) groups is 1. The van der Waals surface area contributed by atoms with Crippen molar-refractivity contribution in [3.05, 3.63) is 60.2 Å². The molecule has 1 aliphatic heterocycles. The molecule has 4 rings (SSSR count). The van der Waals surface area contributed by atoms with Gasteiger partial charge < -0.3 is 14.5 Å². The zero-order chi connectivity index (χ0) is 24.1. The molecule has 2 heterocycles.